The van der Waals surface area contributed by atoms with Crippen molar-refractivity contribution in [2.75, 3.05) is 6.61 Å². The van der Waals surface area contributed by atoms with Crippen LogP contribution in [0.5, 0.6) is 0 Å². The van der Waals surface area contributed by atoms with Crippen LogP contribution in [0.1, 0.15) is 5.56 Å². The molecule has 3 aromatic rings. The van der Waals surface area contributed by atoms with Crippen molar-refractivity contribution in [1.29, 1.82) is 0 Å². The van der Waals surface area contributed by atoms with Gasteiger partial charge in [-0.1, -0.05) is 29.8 Å². The predicted octanol–water partition coefficient (Wildman–Crippen LogP) is 2.58. The van der Waals surface area contributed by atoms with E-state index in [2.05, 4.69) is 10.1 Å². The summed E-state index contributed by atoms with van der Waals surface area (Å²) in [7, 11) is 0. The molecule has 0 spiro atoms. The summed E-state index contributed by atoms with van der Waals surface area (Å²) in [6.45, 7) is 0.140. The van der Waals surface area contributed by atoms with Gasteiger partial charge in [-0.25, -0.2) is 9.50 Å². The molecule has 4 nitrogen and oxygen atoms in total. The van der Waals surface area contributed by atoms with Crippen molar-refractivity contribution in [2.24, 2.45) is 0 Å². The molecule has 19 heavy (non-hydrogen) atoms. The SMILES string of the molecule is OCCc1cccc(-c2cnc3ccc(Cl)nn23)c1. The molecular formula is C14H12ClN3O. The molecule has 0 amide bonds. The maximum Gasteiger partial charge on any atom is 0.154 e. The van der Waals surface area contributed by atoms with Gasteiger partial charge in [0.05, 0.1) is 11.9 Å². The Hall–Kier alpha value is -1.91. The molecule has 0 radical (unpaired) electrons. The van der Waals surface area contributed by atoms with Crippen molar-refractivity contribution in [3.63, 3.8) is 0 Å². The molecule has 1 N–H and O–H groups in total. The molecule has 0 saturated carbocycles. The zero-order chi connectivity index (χ0) is 13.2. The minimum Gasteiger partial charge on any atom is -0.396 e. The number of hydrogen-bond acceptors (Lipinski definition) is 3. The summed E-state index contributed by atoms with van der Waals surface area (Å²) in [6, 6.07) is 11.5. The van der Waals surface area contributed by atoms with Gasteiger partial charge in [0.15, 0.2) is 5.65 Å². The van der Waals surface area contributed by atoms with Crippen LogP contribution >= 0.6 is 11.6 Å². The van der Waals surface area contributed by atoms with E-state index in [9.17, 15) is 0 Å². The maximum absolute atomic E-state index is 9.00. The molecular weight excluding hydrogens is 262 g/mol. The molecule has 96 valence electrons. The average Bonchev–Trinajstić information content (AvgIpc) is 2.82. The Balaban J connectivity index is 2.13. The van der Waals surface area contributed by atoms with E-state index in [0.717, 1.165) is 22.5 Å². The number of benzene rings is 1. The van der Waals surface area contributed by atoms with Crippen LogP contribution in [0.3, 0.4) is 0 Å². The number of nitrogens with zero attached hydrogens (tertiary/aromatic N) is 3. The van der Waals surface area contributed by atoms with Gasteiger partial charge in [-0.15, -0.1) is 0 Å². The first-order valence-corrected chi connectivity index (χ1v) is 6.36. The van der Waals surface area contributed by atoms with E-state index in [-0.39, 0.29) is 6.61 Å². The van der Waals surface area contributed by atoms with Crippen LogP contribution in [0.2, 0.25) is 5.15 Å². The zero-order valence-corrected chi connectivity index (χ0v) is 10.9. The Morgan fingerprint density at radius 2 is 2.11 bits per heavy atom. The van der Waals surface area contributed by atoms with E-state index in [0.29, 0.717) is 11.6 Å². The Kier molecular flexibility index (Phi) is 3.19. The molecule has 0 aliphatic heterocycles. The monoisotopic (exact) mass is 273 g/mol. The Morgan fingerprint density at radius 3 is 2.95 bits per heavy atom. The second-order valence-corrected chi connectivity index (χ2v) is 4.63. The number of halogens is 1. The lowest BCUT2D eigenvalue weighted by Crippen LogP contribution is -1.95. The second kappa shape index (κ2) is 4.99. The van der Waals surface area contributed by atoms with Gasteiger partial charge in [-0.05, 0) is 30.2 Å². The summed E-state index contributed by atoms with van der Waals surface area (Å²) < 4.78 is 1.72. The molecule has 0 fully saturated rings. The molecule has 1 aromatic carbocycles. The summed E-state index contributed by atoms with van der Waals surface area (Å²) in [5.74, 6) is 0. The highest BCUT2D eigenvalue weighted by Gasteiger charge is 2.08. The lowest BCUT2D eigenvalue weighted by Gasteiger charge is -2.04. The molecule has 0 unspecified atom stereocenters. The van der Waals surface area contributed by atoms with E-state index in [4.69, 9.17) is 16.7 Å². The van der Waals surface area contributed by atoms with Gasteiger partial charge < -0.3 is 5.11 Å². The van der Waals surface area contributed by atoms with Crippen molar-refractivity contribution in [1.82, 2.24) is 14.6 Å². The van der Waals surface area contributed by atoms with Crippen LogP contribution in [0.15, 0.2) is 42.6 Å². The fourth-order valence-corrected chi connectivity index (χ4v) is 2.20. The van der Waals surface area contributed by atoms with Crippen LogP contribution in [0, 0.1) is 0 Å². The molecule has 0 saturated heterocycles. The average molecular weight is 274 g/mol. The minimum atomic E-state index is 0.140. The highest BCUT2D eigenvalue weighted by atomic mass is 35.5. The van der Waals surface area contributed by atoms with E-state index >= 15 is 0 Å². The quantitative estimate of drug-likeness (QED) is 0.798. The van der Waals surface area contributed by atoms with Gasteiger partial charge in [-0.2, -0.15) is 5.10 Å². The van der Waals surface area contributed by atoms with Gasteiger partial charge in [0.25, 0.3) is 0 Å². The van der Waals surface area contributed by atoms with E-state index in [1.165, 1.54) is 0 Å². The summed E-state index contributed by atoms with van der Waals surface area (Å²) in [5, 5.41) is 13.7. The van der Waals surface area contributed by atoms with Crippen molar-refractivity contribution in [2.45, 2.75) is 6.42 Å². The molecule has 2 aromatic heterocycles. The number of hydrogen-bond donors (Lipinski definition) is 1. The van der Waals surface area contributed by atoms with Gasteiger partial charge >= 0.3 is 0 Å². The maximum atomic E-state index is 9.00. The van der Waals surface area contributed by atoms with E-state index < -0.39 is 0 Å². The minimum absolute atomic E-state index is 0.140. The largest absolute Gasteiger partial charge is 0.396 e. The predicted molar refractivity (Wildman–Crippen MR) is 74.2 cm³/mol. The third-order valence-corrected chi connectivity index (χ3v) is 3.15. The van der Waals surface area contributed by atoms with Crippen LogP contribution in [-0.2, 0) is 6.42 Å². The summed E-state index contributed by atoms with van der Waals surface area (Å²) in [5.41, 5.74) is 3.73. The normalized spacial score (nSPS) is 11.1. The van der Waals surface area contributed by atoms with Crippen molar-refractivity contribution in [3.05, 3.63) is 53.3 Å². The third-order valence-electron chi connectivity index (χ3n) is 2.95. The van der Waals surface area contributed by atoms with Gasteiger partial charge in [0.1, 0.15) is 5.15 Å². The topological polar surface area (TPSA) is 50.4 Å². The molecule has 3 rings (SSSR count). The molecule has 0 aliphatic carbocycles. The summed E-state index contributed by atoms with van der Waals surface area (Å²) in [6.07, 6.45) is 2.41. The standard InChI is InChI=1S/C14H12ClN3O/c15-13-4-5-14-16-9-12(18(14)17-13)11-3-1-2-10(8-11)6-7-19/h1-5,8-9,19H,6-7H2. The third kappa shape index (κ3) is 2.32. The molecule has 2 heterocycles. The Bertz CT molecular complexity index is 724. The summed E-state index contributed by atoms with van der Waals surface area (Å²) >= 11 is 5.92. The van der Waals surface area contributed by atoms with Crippen molar-refractivity contribution < 1.29 is 5.11 Å². The highest BCUT2D eigenvalue weighted by molar-refractivity contribution is 6.29. The molecule has 0 aliphatic rings. The number of rotatable bonds is 3. The highest BCUT2D eigenvalue weighted by Crippen LogP contribution is 2.22. The molecule has 0 bridgehead atoms. The van der Waals surface area contributed by atoms with Gasteiger partial charge in [0.2, 0.25) is 0 Å². The van der Waals surface area contributed by atoms with Crippen molar-refractivity contribution in [3.8, 4) is 11.3 Å². The van der Waals surface area contributed by atoms with Crippen LogP contribution in [-0.4, -0.2) is 26.3 Å². The lowest BCUT2D eigenvalue weighted by molar-refractivity contribution is 0.299. The number of fused-ring (bicyclic) bond motifs is 1. The number of imidazole rings is 1. The number of aromatic nitrogens is 3. The zero-order valence-electron chi connectivity index (χ0n) is 10.1. The first kappa shape index (κ1) is 12.1. The van der Waals surface area contributed by atoms with Crippen LogP contribution in [0.4, 0.5) is 0 Å². The second-order valence-electron chi connectivity index (χ2n) is 4.24. The lowest BCUT2D eigenvalue weighted by atomic mass is 10.1. The van der Waals surface area contributed by atoms with E-state index in [1.54, 1.807) is 16.8 Å². The molecule has 5 heteroatoms. The number of aliphatic hydroxyl groups is 1. The van der Waals surface area contributed by atoms with Crippen LogP contribution < -0.4 is 0 Å². The van der Waals surface area contributed by atoms with Gasteiger partial charge in [0, 0.05) is 12.2 Å². The fourth-order valence-electron chi connectivity index (χ4n) is 2.06. The number of aliphatic hydroxyl groups excluding tert-OH is 1. The smallest absolute Gasteiger partial charge is 0.154 e. The van der Waals surface area contributed by atoms with Crippen LogP contribution in [0.25, 0.3) is 16.9 Å². The first-order chi connectivity index (χ1) is 9.28. The Labute approximate surface area is 115 Å². The Morgan fingerprint density at radius 1 is 1.21 bits per heavy atom. The van der Waals surface area contributed by atoms with E-state index in [1.807, 2.05) is 30.3 Å². The first-order valence-electron chi connectivity index (χ1n) is 5.98. The fraction of sp³-hybridized carbons (Fsp3) is 0.143. The van der Waals surface area contributed by atoms with Crippen molar-refractivity contribution >= 4 is 17.2 Å². The molecule has 0 atom stereocenters. The summed E-state index contributed by atoms with van der Waals surface area (Å²) in [4.78, 5) is 4.30. The van der Waals surface area contributed by atoms with Gasteiger partial charge in [-0.3, -0.25) is 0 Å².